The molecule has 3 aliphatic rings. The van der Waals surface area contributed by atoms with E-state index in [2.05, 4.69) is 22.4 Å². The highest BCUT2D eigenvalue weighted by Crippen LogP contribution is 2.35. The average Bonchev–Trinajstić information content (AvgIpc) is 3.26. The van der Waals surface area contributed by atoms with Gasteiger partial charge in [0.15, 0.2) is 0 Å². The fourth-order valence-electron chi connectivity index (χ4n) is 3.78. The molecule has 4 rings (SSSR count). The lowest BCUT2D eigenvalue weighted by Gasteiger charge is -2.29. The Kier molecular flexibility index (Phi) is 4.17. The van der Waals surface area contributed by atoms with E-state index in [9.17, 15) is 4.79 Å². The molecule has 0 unspecified atom stereocenters. The van der Waals surface area contributed by atoms with Crippen molar-refractivity contribution in [3.63, 3.8) is 0 Å². The predicted molar refractivity (Wildman–Crippen MR) is 83.8 cm³/mol. The van der Waals surface area contributed by atoms with Crippen LogP contribution >= 0.6 is 11.3 Å². The summed E-state index contributed by atoms with van der Waals surface area (Å²) in [6, 6.07) is 4.69. The first kappa shape index (κ1) is 14.6. The number of rotatable bonds is 3. The first-order valence-electron chi connectivity index (χ1n) is 8.10. The quantitative estimate of drug-likeness (QED) is 0.842. The van der Waals surface area contributed by atoms with E-state index in [1.807, 2.05) is 4.90 Å². The number of morpholine rings is 1. The van der Waals surface area contributed by atoms with Crippen molar-refractivity contribution in [1.29, 1.82) is 0 Å². The number of hydrogen-bond donors (Lipinski definition) is 0. The van der Waals surface area contributed by atoms with E-state index in [0.717, 1.165) is 25.9 Å². The number of nitrogens with zero attached hydrogens (tertiary/aromatic N) is 2. The first-order valence-corrected chi connectivity index (χ1v) is 8.97. The number of ether oxygens (including phenoxy) is 2. The molecule has 3 atom stereocenters. The Hall–Kier alpha value is -0.950. The van der Waals surface area contributed by atoms with Crippen molar-refractivity contribution in [2.75, 3.05) is 32.8 Å². The molecule has 0 aromatic carbocycles. The van der Waals surface area contributed by atoms with E-state index in [4.69, 9.17) is 9.47 Å². The van der Waals surface area contributed by atoms with E-state index >= 15 is 0 Å². The molecular formula is C16H22N2O3S. The van der Waals surface area contributed by atoms with Crippen molar-refractivity contribution in [1.82, 2.24) is 9.80 Å². The lowest BCUT2D eigenvalue weighted by Crippen LogP contribution is -2.46. The number of carbonyl (C=O) groups is 1. The number of likely N-dealkylation sites (tertiary alicyclic amines) is 1. The molecule has 1 aromatic rings. The molecule has 1 amide bonds. The van der Waals surface area contributed by atoms with Crippen LogP contribution in [0.15, 0.2) is 17.5 Å². The molecule has 0 bridgehead atoms. The second-order valence-corrected chi connectivity index (χ2v) is 7.27. The van der Waals surface area contributed by atoms with Crippen LogP contribution in [0.5, 0.6) is 0 Å². The number of thiophene rings is 1. The largest absolute Gasteiger partial charge is 0.378 e. The first-order chi connectivity index (χ1) is 10.8. The third-order valence-electron chi connectivity index (χ3n) is 4.93. The molecule has 22 heavy (non-hydrogen) atoms. The summed E-state index contributed by atoms with van der Waals surface area (Å²) in [5.41, 5.74) is 0. The van der Waals surface area contributed by atoms with Gasteiger partial charge >= 0.3 is 0 Å². The minimum Gasteiger partial charge on any atom is -0.378 e. The summed E-state index contributed by atoms with van der Waals surface area (Å²) >= 11 is 1.80. The van der Waals surface area contributed by atoms with E-state index in [0.29, 0.717) is 32.3 Å². The second kappa shape index (κ2) is 6.28. The summed E-state index contributed by atoms with van der Waals surface area (Å²) in [5, 5.41) is 2.12. The van der Waals surface area contributed by atoms with Gasteiger partial charge in [-0.3, -0.25) is 9.69 Å². The molecule has 0 saturated carbocycles. The lowest BCUT2D eigenvalue weighted by molar-refractivity contribution is -0.146. The van der Waals surface area contributed by atoms with Crippen molar-refractivity contribution < 1.29 is 14.3 Å². The van der Waals surface area contributed by atoms with Crippen molar-refractivity contribution in [3.05, 3.63) is 22.4 Å². The van der Waals surface area contributed by atoms with Crippen molar-refractivity contribution in [3.8, 4) is 0 Å². The minimum absolute atomic E-state index is 0.161. The van der Waals surface area contributed by atoms with Crippen LogP contribution in [-0.4, -0.2) is 66.8 Å². The summed E-state index contributed by atoms with van der Waals surface area (Å²) < 4.78 is 11.4. The van der Waals surface area contributed by atoms with Gasteiger partial charge in [0.2, 0.25) is 0 Å². The smallest absolute Gasteiger partial charge is 0.251 e. The molecule has 0 N–H and O–H groups in total. The number of fused-ring (bicyclic) bond motifs is 1. The molecule has 3 fully saturated rings. The van der Waals surface area contributed by atoms with E-state index in [1.54, 1.807) is 11.3 Å². The van der Waals surface area contributed by atoms with Crippen molar-refractivity contribution in [2.24, 2.45) is 0 Å². The lowest BCUT2D eigenvalue weighted by atomic mass is 10.1. The third-order valence-corrected chi connectivity index (χ3v) is 5.79. The zero-order valence-electron chi connectivity index (χ0n) is 12.6. The Morgan fingerprint density at radius 1 is 1.32 bits per heavy atom. The van der Waals surface area contributed by atoms with Gasteiger partial charge < -0.3 is 14.4 Å². The van der Waals surface area contributed by atoms with Gasteiger partial charge in [-0.15, -0.1) is 11.3 Å². The normalized spacial score (nSPS) is 32.4. The molecule has 0 spiro atoms. The van der Waals surface area contributed by atoms with Crippen molar-refractivity contribution >= 4 is 17.2 Å². The Balaban J connectivity index is 1.38. The molecule has 4 heterocycles. The van der Waals surface area contributed by atoms with E-state index in [-0.39, 0.29) is 18.1 Å². The van der Waals surface area contributed by atoms with Crippen LogP contribution in [0, 0.1) is 0 Å². The van der Waals surface area contributed by atoms with Gasteiger partial charge in [0, 0.05) is 43.5 Å². The fourth-order valence-corrected chi connectivity index (χ4v) is 4.51. The third kappa shape index (κ3) is 2.80. The van der Waals surface area contributed by atoms with Crippen LogP contribution in [-0.2, 0) is 20.8 Å². The van der Waals surface area contributed by atoms with Gasteiger partial charge in [0.1, 0.15) is 6.10 Å². The van der Waals surface area contributed by atoms with Gasteiger partial charge in [-0.2, -0.15) is 0 Å². The summed E-state index contributed by atoms with van der Waals surface area (Å²) in [6.07, 6.45) is 1.86. The maximum absolute atomic E-state index is 12.6. The maximum atomic E-state index is 12.6. The topological polar surface area (TPSA) is 42.0 Å². The summed E-state index contributed by atoms with van der Waals surface area (Å²) in [7, 11) is 0. The molecule has 3 saturated heterocycles. The highest BCUT2D eigenvalue weighted by atomic mass is 32.1. The summed E-state index contributed by atoms with van der Waals surface area (Å²) in [6.45, 7) is 4.76. The Bertz CT molecular complexity index is 515. The van der Waals surface area contributed by atoms with Gasteiger partial charge in [-0.25, -0.2) is 0 Å². The average molecular weight is 322 g/mol. The molecular weight excluding hydrogens is 300 g/mol. The van der Waals surface area contributed by atoms with Crippen LogP contribution < -0.4 is 0 Å². The molecule has 120 valence electrons. The highest BCUT2D eigenvalue weighted by molar-refractivity contribution is 7.09. The summed E-state index contributed by atoms with van der Waals surface area (Å²) in [5.74, 6) is 0.161. The Labute approximate surface area is 134 Å². The molecule has 0 radical (unpaired) electrons. The highest BCUT2D eigenvalue weighted by Gasteiger charge is 2.46. The zero-order chi connectivity index (χ0) is 14.9. The summed E-state index contributed by atoms with van der Waals surface area (Å²) in [4.78, 5) is 18.4. The second-order valence-electron chi connectivity index (χ2n) is 6.24. The number of amides is 1. The van der Waals surface area contributed by atoms with E-state index in [1.165, 1.54) is 4.88 Å². The van der Waals surface area contributed by atoms with Gasteiger partial charge in [0.05, 0.1) is 19.3 Å². The van der Waals surface area contributed by atoms with Crippen LogP contribution in [0.25, 0.3) is 0 Å². The molecule has 6 heteroatoms. The van der Waals surface area contributed by atoms with Crippen LogP contribution in [0.2, 0.25) is 0 Å². The molecule has 3 aliphatic heterocycles. The van der Waals surface area contributed by atoms with Crippen molar-refractivity contribution in [2.45, 2.75) is 37.6 Å². The van der Waals surface area contributed by atoms with Crippen LogP contribution in [0.1, 0.15) is 17.7 Å². The predicted octanol–water partition coefficient (Wildman–Crippen LogP) is 1.34. The Morgan fingerprint density at radius 3 is 2.95 bits per heavy atom. The monoisotopic (exact) mass is 322 g/mol. The Morgan fingerprint density at radius 2 is 2.18 bits per heavy atom. The van der Waals surface area contributed by atoms with Crippen LogP contribution in [0.3, 0.4) is 0 Å². The number of hydrogen-bond acceptors (Lipinski definition) is 5. The molecule has 1 aromatic heterocycles. The maximum Gasteiger partial charge on any atom is 0.251 e. The van der Waals surface area contributed by atoms with Gasteiger partial charge in [0.25, 0.3) is 5.91 Å². The minimum atomic E-state index is -0.251. The zero-order valence-corrected chi connectivity index (χ0v) is 13.5. The molecule has 5 nitrogen and oxygen atoms in total. The van der Waals surface area contributed by atoms with Gasteiger partial charge in [-0.1, -0.05) is 6.07 Å². The fraction of sp³-hybridized carbons (Fsp3) is 0.688. The van der Waals surface area contributed by atoms with Gasteiger partial charge in [-0.05, 0) is 17.9 Å². The van der Waals surface area contributed by atoms with E-state index < -0.39 is 0 Å². The van der Waals surface area contributed by atoms with Crippen LogP contribution in [0.4, 0.5) is 0 Å². The SMILES string of the molecule is O=C([C@@H]1C[C@@H]2[C@@H](CCN2Cc2cccs2)O1)N1CCOCC1. The molecule has 0 aliphatic carbocycles. The standard InChI is InChI=1S/C16H22N2O3S/c19-16(17-5-7-20-8-6-17)15-10-13-14(21-15)3-4-18(13)11-12-2-1-9-22-12/h1-2,9,13-15H,3-8,10-11H2/t13-,14-,15+/m1/s1. The number of carbonyl (C=O) groups excluding carboxylic acids is 1.